The molecular formula is C18H12Cl2N2. The Bertz CT molecular complexity index is 1020. The zero-order valence-electron chi connectivity index (χ0n) is 11.8. The molecule has 0 saturated carbocycles. The van der Waals surface area contributed by atoms with Crippen molar-refractivity contribution >= 4 is 45.0 Å². The highest BCUT2D eigenvalue weighted by Gasteiger charge is 2.14. The summed E-state index contributed by atoms with van der Waals surface area (Å²) in [6.45, 7) is 2.07. The van der Waals surface area contributed by atoms with Crippen molar-refractivity contribution in [1.29, 1.82) is 0 Å². The summed E-state index contributed by atoms with van der Waals surface area (Å²) in [6, 6.07) is 13.7. The SMILES string of the molecule is Cc1[nH]c2ccc(Cl)cc2c1-c1ccnc2cc(Cl)ccc12. The van der Waals surface area contributed by atoms with E-state index in [1.165, 1.54) is 0 Å². The molecule has 0 saturated heterocycles. The van der Waals surface area contributed by atoms with Gasteiger partial charge in [-0.25, -0.2) is 0 Å². The van der Waals surface area contributed by atoms with Gasteiger partial charge in [0.25, 0.3) is 0 Å². The predicted octanol–water partition coefficient (Wildman–Crippen LogP) is 6.00. The van der Waals surface area contributed by atoms with Gasteiger partial charge in [0, 0.05) is 43.8 Å². The van der Waals surface area contributed by atoms with Gasteiger partial charge < -0.3 is 4.98 Å². The van der Waals surface area contributed by atoms with Gasteiger partial charge in [0.2, 0.25) is 0 Å². The van der Waals surface area contributed by atoms with Gasteiger partial charge in [-0.05, 0) is 48.9 Å². The third-order valence-electron chi connectivity index (χ3n) is 3.92. The van der Waals surface area contributed by atoms with E-state index in [-0.39, 0.29) is 0 Å². The average molecular weight is 327 g/mol. The van der Waals surface area contributed by atoms with E-state index >= 15 is 0 Å². The van der Waals surface area contributed by atoms with Crippen molar-refractivity contribution in [1.82, 2.24) is 9.97 Å². The third kappa shape index (κ3) is 2.07. The molecule has 2 heterocycles. The third-order valence-corrected chi connectivity index (χ3v) is 4.39. The standard InChI is InChI=1S/C18H12Cl2N2/c1-10-18(15-8-11(19)3-5-16(15)22-10)14-6-7-21-17-9-12(20)2-4-13(14)17/h2-9,22H,1H3. The number of aromatic amines is 1. The number of nitrogens with one attached hydrogen (secondary N) is 1. The van der Waals surface area contributed by atoms with Gasteiger partial charge in [-0.2, -0.15) is 0 Å². The summed E-state index contributed by atoms with van der Waals surface area (Å²) in [5, 5.41) is 3.62. The Labute approximate surface area is 137 Å². The van der Waals surface area contributed by atoms with Gasteiger partial charge in [-0.3, -0.25) is 4.98 Å². The fourth-order valence-corrected chi connectivity index (χ4v) is 3.32. The van der Waals surface area contributed by atoms with E-state index in [9.17, 15) is 0 Å². The Morgan fingerprint density at radius 2 is 1.68 bits per heavy atom. The molecule has 4 heteroatoms. The number of fused-ring (bicyclic) bond motifs is 2. The second-order valence-corrected chi connectivity index (χ2v) is 6.21. The van der Waals surface area contributed by atoms with Gasteiger partial charge in [0.15, 0.2) is 0 Å². The molecule has 2 nitrogen and oxygen atoms in total. The monoisotopic (exact) mass is 326 g/mol. The molecule has 22 heavy (non-hydrogen) atoms. The second-order valence-electron chi connectivity index (χ2n) is 5.33. The lowest BCUT2D eigenvalue weighted by Gasteiger charge is -2.07. The fourth-order valence-electron chi connectivity index (χ4n) is 2.99. The first-order chi connectivity index (χ1) is 10.6. The van der Waals surface area contributed by atoms with Gasteiger partial charge in [0.1, 0.15) is 0 Å². The normalized spacial score (nSPS) is 11.4. The van der Waals surface area contributed by atoms with E-state index in [0.717, 1.165) is 43.6 Å². The minimum Gasteiger partial charge on any atom is -0.358 e. The molecule has 0 fully saturated rings. The highest BCUT2D eigenvalue weighted by Crippen LogP contribution is 2.37. The largest absolute Gasteiger partial charge is 0.358 e. The van der Waals surface area contributed by atoms with Crippen LogP contribution in [0.5, 0.6) is 0 Å². The highest BCUT2D eigenvalue weighted by molar-refractivity contribution is 6.32. The predicted molar refractivity (Wildman–Crippen MR) is 93.8 cm³/mol. The minimum absolute atomic E-state index is 0.691. The van der Waals surface area contributed by atoms with Gasteiger partial charge >= 0.3 is 0 Å². The molecule has 0 amide bonds. The Balaban J connectivity index is 2.11. The van der Waals surface area contributed by atoms with Crippen LogP contribution in [0.25, 0.3) is 32.9 Å². The fraction of sp³-hybridized carbons (Fsp3) is 0.0556. The number of nitrogens with zero attached hydrogens (tertiary/aromatic N) is 1. The van der Waals surface area contributed by atoms with E-state index in [1.807, 2.05) is 48.7 Å². The van der Waals surface area contributed by atoms with Crippen LogP contribution in [-0.4, -0.2) is 9.97 Å². The number of halogens is 2. The quantitative estimate of drug-likeness (QED) is 0.456. The summed E-state index contributed by atoms with van der Waals surface area (Å²) >= 11 is 12.3. The van der Waals surface area contributed by atoms with Crippen LogP contribution in [-0.2, 0) is 0 Å². The molecule has 0 radical (unpaired) electrons. The van der Waals surface area contributed by atoms with E-state index in [1.54, 1.807) is 0 Å². The molecule has 4 aromatic rings. The first kappa shape index (κ1) is 13.6. The minimum atomic E-state index is 0.691. The second kappa shape index (κ2) is 5.01. The molecule has 0 aliphatic heterocycles. The van der Waals surface area contributed by atoms with Crippen molar-refractivity contribution in [3.05, 3.63) is 64.4 Å². The maximum atomic E-state index is 6.18. The van der Waals surface area contributed by atoms with Gasteiger partial charge in [-0.15, -0.1) is 0 Å². The number of hydrogen-bond acceptors (Lipinski definition) is 1. The first-order valence-electron chi connectivity index (χ1n) is 6.96. The summed E-state index contributed by atoms with van der Waals surface area (Å²) < 4.78 is 0. The van der Waals surface area contributed by atoms with Crippen molar-refractivity contribution in [2.75, 3.05) is 0 Å². The van der Waals surface area contributed by atoms with Crippen molar-refractivity contribution < 1.29 is 0 Å². The van der Waals surface area contributed by atoms with Crippen LogP contribution in [0.3, 0.4) is 0 Å². The molecule has 108 valence electrons. The van der Waals surface area contributed by atoms with Crippen LogP contribution in [0.2, 0.25) is 10.0 Å². The number of rotatable bonds is 1. The zero-order chi connectivity index (χ0) is 15.3. The van der Waals surface area contributed by atoms with Crippen LogP contribution in [0.15, 0.2) is 48.7 Å². The summed E-state index contributed by atoms with van der Waals surface area (Å²) in [5.74, 6) is 0. The number of hydrogen-bond donors (Lipinski definition) is 1. The molecule has 4 rings (SSSR count). The van der Waals surface area contributed by atoms with Crippen LogP contribution in [0.1, 0.15) is 5.69 Å². The van der Waals surface area contributed by atoms with Crippen LogP contribution in [0, 0.1) is 6.92 Å². The molecule has 0 bridgehead atoms. The summed E-state index contributed by atoms with van der Waals surface area (Å²) in [6.07, 6.45) is 1.82. The molecule has 0 spiro atoms. The van der Waals surface area contributed by atoms with Crippen molar-refractivity contribution in [2.45, 2.75) is 6.92 Å². The first-order valence-corrected chi connectivity index (χ1v) is 7.71. The molecule has 0 aliphatic rings. The van der Waals surface area contributed by atoms with E-state index < -0.39 is 0 Å². The summed E-state index contributed by atoms with van der Waals surface area (Å²) in [4.78, 5) is 7.84. The Morgan fingerprint density at radius 1 is 0.909 bits per heavy atom. The van der Waals surface area contributed by atoms with Crippen molar-refractivity contribution in [3.8, 4) is 11.1 Å². The van der Waals surface area contributed by atoms with Crippen LogP contribution < -0.4 is 0 Å². The van der Waals surface area contributed by atoms with Crippen LogP contribution >= 0.6 is 23.2 Å². The van der Waals surface area contributed by atoms with Crippen LogP contribution in [0.4, 0.5) is 0 Å². The number of benzene rings is 2. The lowest BCUT2D eigenvalue weighted by molar-refractivity contribution is 1.30. The maximum absolute atomic E-state index is 6.18. The Morgan fingerprint density at radius 3 is 2.55 bits per heavy atom. The maximum Gasteiger partial charge on any atom is 0.0723 e. The topological polar surface area (TPSA) is 28.7 Å². The number of aromatic nitrogens is 2. The number of pyridine rings is 1. The molecule has 2 aromatic heterocycles. The van der Waals surface area contributed by atoms with E-state index in [4.69, 9.17) is 23.2 Å². The molecule has 0 unspecified atom stereocenters. The molecule has 0 atom stereocenters. The lowest BCUT2D eigenvalue weighted by Crippen LogP contribution is -1.85. The molecule has 1 N–H and O–H groups in total. The van der Waals surface area contributed by atoms with E-state index in [0.29, 0.717) is 5.02 Å². The summed E-state index contributed by atoms with van der Waals surface area (Å²) in [5.41, 5.74) is 5.37. The molecule has 2 aromatic carbocycles. The average Bonchev–Trinajstić information content (AvgIpc) is 2.81. The van der Waals surface area contributed by atoms with Gasteiger partial charge in [0.05, 0.1) is 5.52 Å². The molecule has 0 aliphatic carbocycles. The van der Waals surface area contributed by atoms with Crippen molar-refractivity contribution in [2.24, 2.45) is 0 Å². The molecular weight excluding hydrogens is 315 g/mol. The number of H-pyrrole nitrogens is 1. The number of aryl methyl sites for hydroxylation is 1. The summed E-state index contributed by atoms with van der Waals surface area (Å²) in [7, 11) is 0. The zero-order valence-corrected chi connectivity index (χ0v) is 13.3. The van der Waals surface area contributed by atoms with E-state index in [2.05, 4.69) is 16.9 Å². The van der Waals surface area contributed by atoms with Crippen molar-refractivity contribution in [3.63, 3.8) is 0 Å². The smallest absolute Gasteiger partial charge is 0.0723 e. The Kier molecular flexibility index (Phi) is 3.10. The highest BCUT2D eigenvalue weighted by atomic mass is 35.5. The Hall–Kier alpha value is -2.03. The van der Waals surface area contributed by atoms with Gasteiger partial charge in [-0.1, -0.05) is 29.3 Å². The lowest BCUT2D eigenvalue weighted by atomic mass is 9.99.